The van der Waals surface area contributed by atoms with E-state index in [2.05, 4.69) is 30.1 Å². The van der Waals surface area contributed by atoms with E-state index >= 15 is 0 Å². The molecule has 2 unspecified atom stereocenters. The van der Waals surface area contributed by atoms with E-state index in [9.17, 15) is 5.26 Å². The molecule has 3 heteroatoms. The summed E-state index contributed by atoms with van der Waals surface area (Å²) >= 11 is 0. The molecule has 1 aliphatic heterocycles. The lowest BCUT2D eigenvalue weighted by Crippen LogP contribution is -2.56. The first-order valence-corrected chi connectivity index (χ1v) is 8.18. The van der Waals surface area contributed by atoms with Crippen molar-refractivity contribution in [1.29, 1.82) is 5.26 Å². The molecule has 21 heavy (non-hydrogen) atoms. The molecule has 1 heterocycles. The topological polar surface area (TPSA) is 39.1 Å². The van der Waals surface area contributed by atoms with E-state index in [0.29, 0.717) is 23.9 Å². The number of hydrogen-bond donors (Lipinski definition) is 1. The number of nitrogens with one attached hydrogen (secondary N) is 1. The van der Waals surface area contributed by atoms with Gasteiger partial charge in [0.15, 0.2) is 0 Å². The molecule has 112 valence electrons. The van der Waals surface area contributed by atoms with Gasteiger partial charge in [-0.15, -0.1) is 0 Å². The molecule has 1 aromatic rings. The van der Waals surface area contributed by atoms with Crippen molar-refractivity contribution in [2.24, 2.45) is 11.8 Å². The van der Waals surface area contributed by atoms with Gasteiger partial charge in [0, 0.05) is 25.2 Å². The van der Waals surface area contributed by atoms with Crippen molar-refractivity contribution in [3.63, 3.8) is 0 Å². The molecule has 1 aliphatic carbocycles. The number of benzene rings is 1. The summed E-state index contributed by atoms with van der Waals surface area (Å²) in [4.78, 5) is 2.63. The van der Waals surface area contributed by atoms with Gasteiger partial charge in [0.2, 0.25) is 0 Å². The normalized spacial score (nSPS) is 29.1. The van der Waals surface area contributed by atoms with Crippen LogP contribution in [0.3, 0.4) is 0 Å². The van der Waals surface area contributed by atoms with Gasteiger partial charge in [-0.05, 0) is 50.7 Å². The first kappa shape index (κ1) is 14.4. The highest BCUT2D eigenvalue weighted by molar-refractivity contribution is 5.57. The SMILES string of the molecule is CC(C)N1CC2CCCC(C1)C2Nc1ccccc1C#N. The number of fused-ring (bicyclic) bond motifs is 2. The van der Waals surface area contributed by atoms with Crippen molar-refractivity contribution < 1.29 is 0 Å². The molecule has 1 aromatic carbocycles. The minimum atomic E-state index is 0.531. The van der Waals surface area contributed by atoms with E-state index in [4.69, 9.17) is 0 Å². The van der Waals surface area contributed by atoms with Crippen LogP contribution in [-0.2, 0) is 0 Å². The Balaban J connectivity index is 1.78. The predicted molar refractivity (Wildman–Crippen MR) is 86.1 cm³/mol. The van der Waals surface area contributed by atoms with Crippen LogP contribution >= 0.6 is 0 Å². The van der Waals surface area contributed by atoms with Crippen LogP contribution < -0.4 is 5.32 Å². The van der Waals surface area contributed by atoms with Gasteiger partial charge in [0.1, 0.15) is 6.07 Å². The summed E-state index contributed by atoms with van der Waals surface area (Å²) in [7, 11) is 0. The molecule has 0 aromatic heterocycles. The van der Waals surface area contributed by atoms with Gasteiger partial charge < -0.3 is 10.2 Å². The van der Waals surface area contributed by atoms with Gasteiger partial charge in [-0.3, -0.25) is 0 Å². The molecule has 0 radical (unpaired) electrons. The molecule has 1 saturated carbocycles. The minimum absolute atomic E-state index is 0.531. The number of anilines is 1. The standard InChI is InChI=1S/C18H25N3/c1-13(2)21-11-15-7-5-8-16(12-21)18(15)20-17-9-4-3-6-14(17)10-19/h3-4,6,9,13,15-16,18,20H,5,7-8,11-12H2,1-2H3. The average Bonchev–Trinajstić information content (AvgIpc) is 2.47. The van der Waals surface area contributed by atoms with Crippen LogP contribution in [0.5, 0.6) is 0 Å². The van der Waals surface area contributed by atoms with Crippen LogP contribution in [0.1, 0.15) is 38.7 Å². The third-order valence-corrected chi connectivity index (χ3v) is 5.20. The fraction of sp³-hybridized carbons (Fsp3) is 0.611. The fourth-order valence-electron chi connectivity index (χ4n) is 4.02. The van der Waals surface area contributed by atoms with E-state index in [0.717, 1.165) is 11.3 Å². The first-order chi connectivity index (χ1) is 10.2. The van der Waals surface area contributed by atoms with E-state index < -0.39 is 0 Å². The highest BCUT2D eigenvalue weighted by Crippen LogP contribution is 2.37. The first-order valence-electron chi connectivity index (χ1n) is 8.18. The van der Waals surface area contributed by atoms with Crippen LogP contribution in [-0.4, -0.2) is 30.1 Å². The zero-order chi connectivity index (χ0) is 14.8. The Morgan fingerprint density at radius 3 is 2.48 bits per heavy atom. The molecule has 0 spiro atoms. The van der Waals surface area contributed by atoms with Gasteiger partial charge in [-0.25, -0.2) is 0 Å². The lowest BCUT2D eigenvalue weighted by atomic mass is 9.73. The zero-order valence-electron chi connectivity index (χ0n) is 13.0. The number of para-hydroxylation sites is 1. The van der Waals surface area contributed by atoms with Gasteiger partial charge in [-0.1, -0.05) is 18.6 Å². The molecule has 2 bridgehead atoms. The molecule has 0 amide bonds. The van der Waals surface area contributed by atoms with Crippen molar-refractivity contribution in [3.8, 4) is 6.07 Å². The highest BCUT2D eigenvalue weighted by atomic mass is 15.2. The summed E-state index contributed by atoms with van der Waals surface area (Å²) in [5, 5.41) is 13.0. The monoisotopic (exact) mass is 283 g/mol. The fourth-order valence-corrected chi connectivity index (χ4v) is 4.02. The van der Waals surface area contributed by atoms with E-state index in [-0.39, 0.29) is 0 Å². The molecule has 2 atom stereocenters. The maximum Gasteiger partial charge on any atom is 0.101 e. The summed E-state index contributed by atoms with van der Waals surface area (Å²) in [6, 6.07) is 11.4. The molecular formula is C18H25N3. The second-order valence-electron chi connectivity index (χ2n) is 6.83. The number of likely N-dealkylation sites (tertiary alicyclic amines) is 1. The molecule has 3 rings (SSSR count). The van der Waals surface area contributed by atoms with E-state index in [1.54, 1.807) is 0 Å². The van der Waals surface area contributed by atoms with Crippen molar-refractivity contribution in [2.45, 2.75) is 45.2 Å². The third kappa shape index (κ3) is 2.91. The maximum absolute atomic E-state index is 9.27. The van der Waals surface area contributed by atoms with Crippen LogP contribution in [0.25, 0.3) is 0 Å². The summed E-state index contributed by atoms with van der Waals surface area (Å²) in [6.07, 6.45) is 3.98. The molecule has 1 saturated heterocycles. The quantitative estimate of drug-likeness (QED) is 0.923. The average molecular weight is 283 g/mol. The second kappa shape index (κ2) is 6.07. The number of piperidine rings is 1. The molecule has 3 nitrogen and oxygen atoms in total. The minimum Gasteiger partial charge on any atom is -0.381 e. The van der Waals surface area contributed by atoms with Crippen molar-refractivity contribution in [2.75, 3.05) is 18.4 Å². The number of nitriles is 1. The Bertz CT molecular complexity index is 518. The molecule has 2 aliphatic rings. The second-order valence-corrected chi connectivity index (χ2v) is 6.83. The zero-order valence-corrected chi connectivity index (χ0v) is 13.0. The van der Waals surface area contributed by atoms with Crippen LogP contribution in [0, 0.1) is 23.2 Å². The van der Waals surface area contributed by atoms with Gasteiger partial charge >= 0.3 is 0 Å². The Morgan fingerprint density at radius 1 is 1.19 bits per heavy atom. The third-order valence-electron chi connectivity index (χ3n) is 5.20. The summed E-state index contributed by atoms with van der Waals surface area (Å²) in [6.45, 7) is 6.99. The van der Waals surface area contributed by atoms with Gasteiger partial charge in [0.05, 0.1) is 11.3 Å². The van der Waals surface area contributed by atoms with E-state index in [1.807, 2.05) is 24.3 Å². The van der Waals surface area contributed by atoms with Crippen LogP contribution in [0.4, 0.5) is 5.69 Å². The summed E-state index contributed by atoms with van der Waals surface area (Å²) < 4.78 is 0. The number of hydrogen-bond acceptors (Lipinski definition) is 3. The number of rotatable bonds is 3. The van der Waals surface area contributed by atoms with Crippen molar-refractivity contribution in [1.82, 2.24) is 4.90 Å². The smallest absolute Gasteiger partial charge is 0.101 e. The van der Waals surface area contributed by atoms with Crippen LogP contribution in [0.2, 0.25) is 0 Å². The van der Waals surface area contributed by atoms with Gasteiger partial charge in [-0.2, -0.15) is 5.26 Å². The lowest BCUT2D eigenvalue weighted by molar-refractivity contribution is 0.0518. The maximum atomic E-state index is 9.27. The Hall–Kier alpha value is -1.53. The Labute approximate surface area is 128 Å². The largest absolute Gasteiger partial charge is 0.381 e. The van der Waals surface area contributed by atoms with Crippen molar-refractivity contribution >= 4 is 5.69 Å². The lowest BCUT2D eigenvalue weighted by Gasteiger charge is -2.49. The Kier molecular flexibility index (Phi) is 4.17. The summed E-state index contributed by atoms with van der Waals surface area (Å²) in [5.41, 5.74) is 1.78. The molecule has 1 N–H and O–H groups in total. The summed E-state index contributed by atoms with van der Waals surface area (Å²) in [5.74, 6) is 1.43. The van der Waals surface area contributed by atoms with Crippen molar-refractivity contribution in [3.05, 3.63) is 29.8 Å². The highest BCUT2D eigenvalue weighted by Gasteiger charge is 2.40. The predicted octanol–water partition coefficient (Wildman–Crippen LogP) is 3.48. The molecular weight excluding hydrogens is 258 g/mol. The van der Waals surface area contributed by atoms with Gasteiger partial charge in [0.25, 0.3) is 0 Å². The Morgan fingerprint density at radius 2 is 1.86 bits per heavy atom. The molecule has 2 fully saturated rings. The number of nitrogens with zero attached hydrogens (tertiary/aromatic N) is 2. The van der Waals surface area contributed by atoms with Crippen LogP contribution in [0.15, 0.2) is 24.3 Å². The van der Waals surface area contributed by atoms with E-state index in [1.165, 1.54) is 32.4 Å².